The van der Waals surface area contributed by atoms with Gasteiger partial charge in [-0.2, -0.15) is 0 Å². The van der Waals surface area contributed by atoms with Crippen molar-refractivity contribution >= 4 is 11.8 Å². The first-order chi connectivity index (χ1) is 10.9. The summed E-state index contributed by atoms with van der Waals surface area (Å²) in [7, 11) is 1.37. The van der Waals surface area contributed by atoms with E-state index in [1.165, 1.54) is 14.0 Å². The first-order valence-electron chi connectivity index (χ1n) is 7.39. The SMILES string of the molecule is COC(=O)C(C)c1ccc(Oc2ccc(C)cc2C(C)=O)cc1. The number of carbonyl (C=O) groups is 2. The second-order valence-electron chi connectivity index (χ2n) is 5.47. The molecule has 0 aliphatic heterocycles. The molecule has 0 aromatic heterocycles. The van der Waals surface area contributed by atoms with E-state index in [4.69, 9.17) is 9.47 Å². The third-order valence-corrected chi connectivity index (χ3v) is 3.68. The number of hydrogen-bond acceptors (Lipinski definition) is 4. The number of benzene rings is 2. The van der Waals surface area contributed by atoms with Crippen LogP contribution in [0.4, 0.5) is 0 Å². The molecule has 4 heteroatoms. The van der Waals surface area contributed by atoms with Gasteiger partial charge in [0, 0.05) is 0 Å². The molecule has 23 heavy (non-hydrogen) atoms. The maximum absolute atomic E-state index is 11.7. The molecule has 0 heterocycles. The maximum atomic E-state index is 11.7. The molecule has 0 amide bonds. The average molecular weight is 312 g/mol. The van der Waals surface area contributed by atoms with Gasteiger partial charge in [-0.3, -0.25) is 9.59 Å². The van der Waals surface area contributed by atoms with Gasteiger partial charge in [-0.15, -0.1) is 0 Å². The fourth-order valence-electron chi connectivity index (χ4n) is 2.27. The molecule has 4 nitrogen and oxygen atoms in total. The van der Waals surface area contributed by atoms with Crippen LogP contribution in [0.5, 0.6) is 11.5 Å². The zero-order valence-electron chi connectivity index (χ0n) is 13.8. The number of esters is 1. The molecule has 0 aliphatic carbocycles. The molecule has 0 aliphatic rings. The van der Waals surface area contributed by atoms with Gasteiger partial charge in [0.15, 0.2) is 5.78 Å². The van der Waals surface area contributed by atoms with Crippen molar-refractivity contribution in [2.24, 2.45) is 0 Å². The maximum Gasteiger partial charge on any atom is 0.312 e. The topological polar surface area (TPSA) is 52.6 Å². The van der Waals surface area contributed by atoms with Crippen LogP contribution < -0.4 is 4.74 Å². The van der Waals surface area contributed by atoms with Crippen molar-refractivity contribution in [2.75, 3.05) is 7.11 Å². The Hall–Kier alpha value is -2.62. The molecule has 120 valence electrons. The first kappa shape index (κ1) is 16.7. The third-order valence-electron chi connectivity index (χ3n) is 3.68. The van der Waals surface area contributed by atoms with Gasteiger partial charge in [-0.25, -0.2) is 0 Å². The van der Waals surface area contributed by atoms with Crippen LogP contribution in [-0.4, -0.2) is 18.9 Å². The summed E-state index contributed by atoms with van der Waals surface area (Å²) in [6, 6.07) is 12.7. The molecule has 0 bridgehead atoms. The lowest BCUT2D eigenvalue weighted by atomic mass is 10.0. The van der Waals surface area contributed by atoms with Gasteiger partial charge in [0.2, 0.25) is 0 Å². The van der Waals surface area contributed by atoms with Crippen LogP contribution in [0, 0.1) is 6.92 Å². The van der Waals surface area contributed by atoms with E-state index in [0.29, 0.717) is 17.1 Å². The van der Waals surface area contributed by atoms with Crippen LogP contribution >= 0.6 is 0 Å². The van der Waals surface area contributed by atoms with Crippen molar-refractivity contribution in [3.63, 3.8) is 0 Å². The number of ether oxygens (including phenoxy) is 2. The Balaban J connectivity index is 2.22. The smallest absolute Gasteiger partial charge is 0.312 e. The summed E-state index contributed by atoms with van der Waals surface area (Å²) in [6.07, 6.45) is 0. The molecule has 0 N–H and O–H groups in total. The number of aryl methyl sites for hydroxylation is 1. The summed E-state index contributed by atoms with van der Waals surface area (Å²) in [5.41, 5.74) is 2.40. The molecule has 2 rings (SSSR count). The summed E-state index contributed by atoms with van der Waals surface area (Å²) in [5.74, 6) is 0.478. The molecule has 0 spiro atoms. The lowest BCUT2D eigenvalue weighted by Crippen LogP contribution is -2.10. The van der Waals surface area contributed by atoms with Crippen LogP contribution in [0.2, 0.25) is 0 Å². The summed E-state index contributed by atoms with van der Waals surface area (Å²) in [4.78, 5) is 23.3. The monoisotopic (exact) mass is 312 g/mol. The number of ketones is 1. The van der Waals surface area contributed by atoms with Gasteiger partial charge in [0.1, 0.15) is 11.5 Å². The van der Waals surface area contributed by atoms with Gasteiger partial charge >= 0.3 is 5.97 Å². The van der Waals surface area contributed by atoms with E-state index in [-0.39, 0.29) is 17.7 Å². The van der Waals surface area contributed by atoms with Crippen molar-refractivity contribution in [1.82, 2.24) is 0 Å². The molecule has 0 fully saturated rings. The highest BCUT2D eigenvalue weighted by atomic mass is 16.5. The van der Waals surface area contributed by atoms with E-state index < -0.39 is 0 Å². The average Bonchev–Trinajstić information content (AvgIpc) is 2.55. The fraction of sp³-hybridized carbons (Fsp3) is 0.263. The van der Waals surface area contributed by atoms with Gasteiger partial charge in [0.05, 0.1) is 18.6 Å². The lowest BCUT2D eigenvalue weighted by molar-refractivity contribution is -0.141. The normalized spacial score (nSPS) is 11.7. The highest BCUT2D eigenvalue weighted by molar-refractivity contribution is 5.97. The third kappa shape index (κ3) is 3.97. The Labute approximate surface area is 136 Å². The predicted octanol–water partition coefficient (Wildman–Crippen LogP) is 4.27. The number of rotatable bonds is 5. The van der Waals surface area contributed by atoms with Crippen LogP contribution in [0.1, 0.15) is 41.3 Å². The van der Waals surface area contributed by atoms with Crippen LogP contribution in [-0.2, 0) is 9.53 Å². The van der Waals surface area contributed by atoms with E-state index in [1.807, 2.05) is 31.2 Å². The Morgan fingerprint density at radius 2 is 1.70 bits per heavy atom. The minimum Gasteiger partial charge on any atom is -0.469 e. The summed E-state index contributed by atoms with van der Waals surface area (Å²) in [5, 5.41) is 0. The quantitative estimate of drug-likeness (QED) is 0.611. The molecule has 0 saturated carbocycles. The van der Waals surface area contributed by atoms with Crippen LogP contribution in [0.3, 0.4) is 0 Å². The Bertz CT molecular complexity index is 717. The Morgan fingerprint density at radius 3 is 2.26 bits per heavy atom. The Morgan fingerprint density at radius 1 is 1.04 bits per heavy atom. The zero-order valence-corrected chi connectivity index (χ0v) is 13.8. The van der Waals surface area contributed by atoms with Crippen molar-refractivity contribution in [1.29, 1.82) is 0 Å². The lowest BCUT2D eigenvalue weighted by Gasteiger charge is -2.12. The van der Waals surface area contributed by atoms with Crippen LogP contribution in [0.15, 0.2) is 42.5 Å². The number of hydrogen-bond donors (Lipinski definition) is 0. The summed E-state index contributed by atoms with van der Waals surface area (Å²) in [6.45, 7) is 5.23. The number of carbonyl (C=O) groups excluding carboxylic acids is 2. The van der Waals surface area contributed by atoms with Crippen molar-refractivity contribution in [3.05, 3.63) is 59.2 Å². The minimum absolute atomic E-state index is 0.0420. The standard InChI is InChI=1S/C19H20O4/c1-12-5-10-18(17(11-12)14(3)20)23-16-8-6-15(7-9-16)13(2)19(21)22-4/h5-11,13H,1-4H3. The molecule has 1 atom stereocenters. The molecule has 0 saturated heterocycles. The molecule has 0 radical (unpaired) electrons. The number of Topliss-reactive ketones (excluding diaryl/α,β-unsaturated/α-hetero) is 1. The van der Waals surface area contributed by atoms with E-state index in [0.717, 1.165) is 11.1 Å². The molecule has 2 aromatic carbocycles. The summed E-state index contributed by atoms with van der Waals surface area (Å²) < 4.78 is 10.5. The molecular formula is C19H20O4. The van der Waals surface area contributed by atoms with E-state index in [2.05, 4.69) is 0 Å². The highest BCUT2D eigenvalue weighted by Crippen LogP contribution is 2.28. The van der Waals surface area contributed by atoms with Crippen molar-refractivity contribution in [2.45, 2.75) is 26.7 Å². The van der Waals surface area contributed by atoms with Crippen molar-refractivity contribution < 1.29 is 19.1 Å². The second-order valence-corrected chi connectivity index (χ2v) is 5.47. The largest absolute Gasteiger partial charge is 0.469 e. The molecule has 2 aromatic rings. The molecule has 1 unspecified atom stereocenters. The van der Waals surface area contributed by atoms with Crippen LogP contribution in [0.25, 0.3) is 0 Å². The van der Waals surface area contributed by atoms with Gasteiger partial charge in [-0.1, -0.05) is 23.8 Å². The predicted molar refractivity (Wildman–Crippen MR) is 88.1 cm³/mol. The minimum atomic E-state index is -0.332. The van der Waals surface area contributed by atoms with E-state index in [9.17, 15) is 9.59 Å². The van der Waals surface area contributed by atoms with E-state index in [1.54, 1.807) is 25.1 Å². The highest BCUT2D eigenvalue weighted by Gasteiger charge is 2.16. The second kappa shape index (κ2) is 7.09. The molecular weight excluding hydrogens is 292 g/mol. The van der Waals surface area contributed by atoms with E-state index >= 15 is 0 Å². The van der Waals surface area contributed by atoms with Crippen molar-refractivity contribution in [3.8, 4) is 11.5 Å². The van der Waals surface area contributed by atoms with Gasteiger partial charge in [-0.05, 0) is 50.6 Å². The first-order valence-corrected chi connectivity index (χ1v) is 7.39. The fourth-order valence-corrected chi connectivity index (χ4v) is 2.27. The summed E-state index contributed by atoms with van der Waals surface area (Å²) >= 11 is 0. The van der Waals surface area contributed by atoms with Gasteiger partial charge < -0.3 is 9.47 Å². The number of methoxy groups -OCH3 is 1. The zero-order chi connectivity index (χ0) is 17.0. The van der Waals surface area contributed by atoms with Gasteiger partial charge in [0.25, 0.3) is 0 Å². The Kier molecular flexibility index (Phi) is 5.16.